The van der Waals surface area contributed by atoms with E-state index in [4.69, 9.17) is 32.7 Å². The van der Waals surface area contributed by atoms with Crippen LogP contribution in [0.25, 0.3) is 0 Å². The zero-order valence-electron chi connectivity index (χ0n) is 37.9. The molecule has 0 aromatic heterocycles. The summed E-state index contributed by atoms with van der Waals surface area (Å²) in [5, 5.41) is 0. The summed E-state index contributed by atoms with van der Waals surface area (Å²) in [6.45, 7) is 10.2. The molecule has 12 heteroatoms. The predicted octanol–water partition coefficient (Wildman–Crippen LogP) is 16.8. The molecule has 0 saturated carbocycles. The number of hydrogen-bond acceptors (Lipinski definition) is 8. The Kier molecular flexibility index (Phi) is 63.6. The van der Waals surface area contributed by atoms with Crippen LogP contribution < -0.4 is 9.79 Å². The minimum absolute atomic E-state index is 0. The maximum Gasteiger partial charge on any atom is 2.00 e. The molecule has 2 unspecified atom stereocenters. The number of hydrogen-bond donors (Lipinski definition) is 0. The molecule has 0 saturated heterocycles. The summed E-state index contributed by atoms with van der Waals surface area (Å²) in [4.78, 5) is 24.5. The van der Waals surface area contributed by atoms with Gasteiger partial charge in [0.25, 0.3) is 0 Å². The monoisotopic (exact) mass is 1000 g/mol. The molecule has 0 aliphatic rings. The van der Waals surface area contributed by atoms with Gasteiger partial charge in [-0.2, -0.15) is 0 Å². The second-order valence-corrected chi connectivity index (χ2v) is 27.9. The molecule has 0 radical (unpaired) electrons. The van der Waals surface area contributed by atoms with E-state index in [1.165, 1.54) is 228 Å². The first-order valence-corrected chi connectivity index (χ1v) is 31.9. The van der Waals surface area contributed by atoms with Crippen molar-refractivity contribution in [2.45, 2.75) is 259 Å². The maximum atomic E-state index is 12.3. The Morgan fingerprint density at radius 1 is 0.321 bits per heavy atom. The minimum atomic E-state index is -2.85. The van der Waals surface area contributed by atoms with Gasteiger partial charge in [0.1, 0.15) is 0 Å². The third kappa shape index (κ3) is 59.2. The van der Waals surface area contributed by atoms with E-state index in [0.717, 1.165) is 37.2 Å². The molecule has 0 bridgehead atoms. The van der Waals surface area contributed by atoms with Gasteiger partial charge in [0.05, 0.1) is 13.2 Å². The van der Waals surface area contributed by atoms with Crippen molar-refractivity contribution in [2.75, 3.05) is 24.7 Å². The van der Waals surface area contributed by atoms with Crippen molar-refractivity contribution in [3.05, 3.63) is 0 Å². The average Bonchev–Trinajstić information content (AvgIpc) is 3.15. The van der Waals surface area contributed by atoms with Crippen LogP contribution in [0, 0.1) is 0 Å². The van der Waals surface area contributed by atoms with Crippen LogP contribution in [-0.4, -0.2) is 24.7 Å². The molecule has 0 fully saturated rings. The summed E-state index contributed by atoms with van der Waals surface area (Å²) in [6, 6.07) is 0. The topological polar surface area (TPSA) is 64.6 Å². The zero-order chi connectivity index (χ0) is 40.1. The molecule has 328 valence electrons. The molecular weight excluding hydrogens is 913 g/mol. The molecule has 0 aromatic carbocycles. The summed E-state index contributed by atoms with van der Waals surface area (Å²) in [7, 11) is 0. The zero-order valence-corrected chi connectivity index (χ0v) is 48.8. The fourth-order valence-corrected chi connectivity index (χ4v) is 13.2. The fourth-order valence-electron chi connectivity index (χ4n) is 6.43. The Hall–Kier alpha value is 3.09. The van der Waals surface area contributed by atoms with Crippen molar-refractivity contribution in [2.24, 2.45) is 0 Å². The van der Waals surface area contributed by atoms with Gasteiger partial charge < -0.3 is 18.8 Å². The van der Waals surface area contributed by atoms with Crippen LogP contribution in [0.1, 0.15) is 259 Å². The van der Waals surface area contributed by atoms with Crippen molar-refractivity contribution < 1.29 is 57.8 Å². The quantitative estimate of drug-likeness (QED) is 0.0340. The van der Waals surface area contributed by atoms with E-state index in [1.54, 1.807) is 0 Å². The van der Waals surface area contributed by atoms with Crippen molar-refractivity contribution in [1.82, 2.24) is 0 Å². The van der Waals surface area contributed by atoms with Gasteiger partial charge in [-0.15, -0.1) is 22.8 Å². The average molecular weight is 1010 g/mol. The van der Waals surface area contributed by atoms with E-state index in [9.17, 15) is 9.79 Å². The van der Waals surface area contributed by atoms with Gasteiger partial charge >= 0.3 is 39.0 Å². The van der Waals surface area contributed by atoms with Gasteiger partial charge in [0.2, 0.25) is 0 Å². The Morgan fingerprint density at radius 3 is 0.714 bits per heavy atom. The van der Waals surface area contributed by atoms with Gasteiger partial charge in [-0.1, -0.05) is 257 Å². The van der Waals surface area contributed by atoms with Gasteiger partial charge in [-0.3, -0.25) is 0 Å². The minimum Gasteiger partial charge on any atom is -0.793 e. The van der Waals surface area contributed by atoms with Crippen LogP contribution in [-0.2, 0) is 71.6 Å². The first kappa shape index (κ1) is 65.7. The van der Waals surface area contributed by atoms with Gasteiger partial charge in [0.15, 0.2) is 0 Å². The third-order valence-electron chi connectivity index (χ3n) is 9.99. The van der Waals surface area contributed by atoms with Crippen molar-refractivity contribution in [3.8, 4) is 0 Å². The number of rotatable bonds is 44. The molecule has 0 heterocycles. The van der Waals surface area contributed by atoms with E-state index in [0.29, 0.717) is 13.2 Å². The second-order valence-electron chi connectivity index (χ2n) is 15.5. The standard InChI is InChI=1S/C24H51O2PS2.C20H43O2PS2.2Zn/c1-3-5-7-9-11-13-15-17-19-21-23-26-27(25,28)29-24-22-20-18-16-14-12-10-8-6-4-2;1-3-5-7-9-11-13-15-17-19-22-23(21,24)25-20-18-16-14-12-10-8-6-4-2;;/h3-24H2,1-2H3,(H,25,28);3-20H2,1-2H3,(H,21,24);;/q;;2*+2/p-2. The second kappa shape index (κ2) is 54.2. The molecule has 0 spiro atoms. The Balaban J connectivity index is -0.000000471. The maximum absolute atomic E-state index is 12.3. The first-order valence-electron chi connectivity index (χ1n) is 23.4. The molecule has 0 N–H and O–H groups in total. The van der Waals surface area contributed by atoms with Crippen molar-refractivity contribution in [1.29, 1.82) is 0 Å². The van der Waals surface area contributed by atoms with Crippen LogP contribution in [0.15, 0.2) is 0 Å². The van der Waals surface area contributed by atoms with E-state index < -0.39 is 11.4 Å². The number of unbranched alkanes of at least 4 members (excludes halogenated alkanes) is 32. The van der Waals surface area contributed by atoms with E-state index in [1.807, 2.05) is 0 Å². The van der Waals surface area contributed by atoms with E-state index in [2.05, 4.69) is 27.7 Å². The normalized spacial score (nSPS) is 13.2. The molecule has 0 aliphatic heterocycles. The first-order chi connectivity index (χ1) is 26.2. The third-order valence-corrected chi connectivity index (χ3v) is 18.7. The Labute approximate surface area is 395 Å². The fraction of sp³-hybridized carbons (Fsp3) is 1.00. The van der Waals surface area contributed by atoms with Crippen LogP contribution in [0.5, 0.6) is 0 Å². The van der Waals surface area contributed by atoms with Crippen molar-refractivity contribution in [3.63, 3.8) is 0 Å². The molecule has 0 amide bonds. The van der Waals surface area contributed by atoms with Gasteiger partial charge in [-0.25, -0.2) is 0 Å². The molecule has 4 nitrogen and oxygen atoms in total. The Bertz CT molecular complexity index is 765. The molecule has 2 atom stereocenters. The van der Waals surface area contributed by atoms with E-state index in [-0.39, 0.29) is 39.0 Å². The van der Waals surface area contributed by atoms with Crippen LogP contribution >= 0.6 is 34.2 Å². The van der Waals surface area contributed by atoms with E-state index >= 15 is 0 Å². The molecular formula is C44H92O4P2S4Zn2+2. The molecule has 56 heavy (non-hydrogen) atoms. The van der Waals surface area contributed by atoms with Crippen LogP contribution in [0.4, 0.5) is 0 Å². The van der Waals surface area contributed by atoms with Crippen molar-refractivity contribution >= 4 is 57.8 Å². The predicted molar refractivity (Wildman–Crippen MR) is 254 cm³/mol. The summed E-state index contributed by atoms with van der Waals surface area (Å²) in [6.07, 6.45) is 46.8. The summed E-state index contributed by atoms with van der Waals surface area (Å²) < 4.78 is 11.0. The molecule has 0 aromatic rings. The molecule has 0 aliphatic carbocycles. The van der Waals surface area contributed by atoms with Gasteiger partial charge in [0, 0.05) is 11.4 Å². The smallest absolute Gasteiger partial charge is 0.793 e. The molecule has 0 rings (SSSR count). The summed E-state index contributed by atoms with van der Waals surface area (Å²) in [5.74, 6) is 1.77. The van der Waals surface area contributed by atoms with Crippen LogP contribution in [0.2, 0.25) is 0 Å². The Morgan fingerprint density at radius 2 is 0.500 bits per heavy atom. The van der Waals surface area contributed by atoms with Crippen LogP contribution in [0.3, 0.4) is 0 Å². The largest absolute Gasteiger partial charge is 2.00 e. The summed E-state index contributed by atoms with van der Waals surface area (Å²) >= 11 is 13.1. The summed E-state index contributed by atoms with van der Waals surface area (Å²) in [5.41, 5.74) is -5.68. The van der Waals surface area contributed by atoms with Gasteiger partial charge in [-0.05, 0) is 37.2 Å². The SMILES string of the molecule is CCCCCCCCCCCCOP([O-])(=S)SCCCCCCCCCCCC.CCCCCCCCCCOP([O-])(=S)SCCCCCCCCCC.[Zn+2].[Zn+2].